The number of hydrogen-bond donors (Lipinski definition) is 0. The van der Waals surface area contributed by atoms with Gasteiger partial charge in [-0.25, -0.2) is 5.01 Å². The molecule has 0 saturated carbocycles. The van der Waals surface area contributed by atoms with E-state index in [4.69, 9.17) is 33.0 Å². The lowest BCUT2D eigenvalue weighted by atomic mass is 9.98. The third-order valence-corrected chi connectivity index (χ3v) is 6.47. The van der Waals surface area contributed by atoms with Crippen molar-refractivity contribution in [2.45, 2.75) is 18.6 Å². The van der Waals surface area contributed by atoms with E-state index in [1.165, 1.54) is 12.1 Å². The van der Waals surface area contributed by atoms with Crippen molar-refractivity contribution >= 4 is 50.8 Å². The Labute approximate surface area is 199 Å². The molecule has 1 heterocycles. The van der Waals surface area contributed by atoms with Crippen LogP contribution in [-0.2, 0) is 9.53 Å². The number of benzene rings is 3. The van der Waals surface area contributed by atoms with Crippen molar-refractivity contribution in [1.29, 1.82) is 0 Å². The Balaban J connectivity index is 1.74. The molecule has 1 aliphatic heterocycles. The smallest absolute Gasteiger partial charge is 0.276 e. The molecular weight excluding hydrogens is 499 g/mol. The molecule has 0 fully saturated rings. The fourth-order valence-corrected chi connectivity index (χ4v) is 4.21. The van der Waals surface area contributed by atoms with Crippen molar-refractivity contribution < 1.29 is 9.53 Å². The Kier molecular flexibility index (Phi) is 6.77. The van der Waals surface area contributed by atoms with Gasteiger partial charge in [0.2, 0.25) is 0 Å². The lowest BCUT2D eigenvalue weighted by Crippen LogP contribution is -2.32. The van der Waals surface area contributed by atoms with Crippen LogP contribution in [0.15, 0.2) is 82.4 Å². The Morgan fingerprint density at radius 2 is 1.77 bits per heavy atom. The van der Waals surface area contributed by atoms with Gasteiger partial charge in [0, 0.05) is 18.0 Å². The molecule has 0 N–H and O–H groups in total. The molecule has 0 unspecified atom stereocenters. The number of halogens is 3. The first-order chi connectivity index (χ1) is 15.0. The van der Waals surface area contributed by atoms with Crippen LogP contribution in [-0.4, -0.2) is 23.7 Å². The summed E-state index contributed by atoms with van der Waals surface area (Å²) in [5, 5.41) is 7.14. The average molecular weight is 518 g/mol. The Morgan fingerprint density at radius 3 is 2.42 bits per heavy atom. The average Bonchev–Trinajstić information content (AvgIpc) is 3.23. The summed E-state index contributed by atoms with van der Waals surface area (Å²) in [5.74, 6) is -0.239. The summed E-state index contributed by atoms with van der Waals surface area (Å²) < 4.78 is 6.56. The predicted molar refractivity (Wildman–Crippen MR) is 128 cm³/mol. The first kappa shape index (κ1) is 22.0. The number of carbonyl (C=O) groups is 1. The van der Waals surface area contributed by atoms with Crippen molar-refractivity contribution in [3.8, 4) is 0 Å². The van der Waals surface area contributed by atoms with Gasteiger partial charge in [-0.2, -0.15) is 5.10 Å². The van der Waals surface area contributed by atoms with Gasteiger partial charge in [0.05, 0.1) is 21.8 Å². The zero-order valence-corrected chi connectivity index (χ0v) is 19.7. The third-order valence-electron chi connectivity index (χ3n) is 5.20. The number of rotatable bonds is 5. The molecule has 31 heavy (non-hydrogen) atoms. The molecule has 4 nitrogen and oxygen atoms in total. The molecule has 3 aromatic rings. The number of hydrazone groups is 1. The summed E-state index contributed by atoms with van der Waals surface area (Å²) in [4.78, 5) is 13.6. The quantitative estimate of drug-likeness (QED) is 0.372. The van der Waals surface area contributed by atoms with Crippen LogP contribution in [0.4, 0.5) is 0 Å². The van der Waals surface area contributed by atoms with E-state index >= 15 is 0 Å². The molecular formula is C24H19BrCl2N2O2. The van der Waals surface area contributed by atoms with Crippen LogP contribution in [0, 0.1) is 0 Å². The second-order valence-corrected chi connectivity index (χ2v) is 8.89. The van der Waals surface area contributed by atoms with E-state index in [9.17, 15) is 4.79 Å². The summed E-state index contributed by atoms with van der Waals surface area (Å²) in [6.07, 6.45) is -0.212. The summed E-state index contributed by atoms with van der Waals surface area (Å²) in [5.41, 5.74) is 3.41. The normalized spacial score (nSPS) is 16.8. The number of amides is 1. The molecule has 7 heteroatoms. The van der Waals surface area contributed by atoms with Crippen LogP contribution in [0.5, 0.6) is 0 Å². The zero-order valence-electron chi connectivity index (χ0n) is 16.6. The molecule has 2 atom stereocenters. The number of carbonyl (C=O) groups excluding carboxylic acids is 1. The highest BCUT2D eigenvalue weighted by molar-refractivity contribution is 9.10. The summed E-state index contributed by atoms with van der Waals surface area (Å²) in [6.45, 7) is 0. The second-order valence-electron chi connectivity index (χ2n) is 7.16. The Morgan fingerprint density at radius 1 is 1.06 bits per heavy atom. The maximum Gasteiger partial charge on any atom is 0.276 e. The molecule has 158 valence electrons. The van der Waals surface area contributed by atoms with Crippen LogP contribution in [0.3, 0.4) is 0 Å². The van der Waals surface area contributed by atoms with Gasteiger partial charge < -0.3 is 4.74 Å². The fraction of sp³-hybridized carbons (Fsp3) is 0.167. The van der Waals surface area contributed by atoms with E-state index in [2.05, 4.69) is 15.9 Å². The minimum absolute atomic E-state index is 0.239. The van der Waals surface area contributed by atoms with E-state index in [0.717, 1.165) is 26.9 Å². The molecule has 0 saturated heterocycles. The highest BCUT2D eigenvalue weighted by atomic mass is 79.9. The molecule has 3 aromatic carbocycles. The third kappa shape index (κ3) is 4.70. The molecule has 1 amide bonds. The first-order valence-corrected chi connectivity index (χ1v) is 11.2. The van der Waals surface area contributed by atoms with E-state index in [1.54, 1.807) is 12.1 Å². The SMILES string of the molecule is CO[C@H](C(=O)N1N=C(c2ccc(Br)cc2)C[C@H]1c1ccc(Cl)c(Cl)c1)c1ccccc1. The molecule has 4 rings (SSSR count). The number of methoxy groups -OCH3 is 1. The number of ether oxygens (including phenoxy) is 1. The van der Waals surface area contributed by atoms with Crippen molar-refractivity contribution in [3.05, 3.63) is 104 Å². The van der Waals surface area contributed by atoms with Gasteiger partial charge in [-0.15, -0.1) is 0 Å². The van der Waals surface area contributed by atoms with Crippen LogP contribution in [0.1, 0.15) is 35.3 Å². The van der Waals surface area contributed by atoms with Gasteiger partial charge in [-0.1, -0.05) is 87.7 Å². The second kappa shape index (κ2) is 9.53. The number of hydrogen-bond acceptors (Lipinski definition) is 3. The fourth-order valence-electron chi connectivity index (χ4n) is 3.64. The predicted octanol–water partition coefficient (Wildman–Crippen LogP) is 6.82. The maximum atomic E-state index is 13.6. The molecule has 0 radical (unpaired) electrons. The van der Waals surface area contributed by atoms with E-state index in [0.29, 0.717) is 16.5 Å². The molecule has 0 aromatic heterocycles. The largest absolute Gasteiger partial charge is 0.367 e. The summed E-state index contributed by atoms with van der Waals surface area (Å²) in [6, 6.07) is 22.4. The first-order valence-electron chi connectivity index (χ1n) is 9.67. The maximum absolute atomic E-state index is 13.6. The van der Waals surface area contributed by atoms with Gasteiger partial charge >= 0.3 is 0 Å². The summed E-state index contributed by atoms with van der Waals surface area (Å²) >= 11 is 15.8. The monoisotopic (exact) mass is 516 g/mol. The molecule has 0 spiro atoms. The van der Waals surface area contributed by atoms with Gasteiger partial charge in [0.25, 0.3) is 5.91 Å². The molecule has 1 aliphatic rings. The standard InChI is InChI=1S/C24H19BrCl2N2O2/c1-31-23(16-5-3-2-4-6-16)24(30)29-22(17-9-12-19(26)20(27)13-17)14-21(28-29)15-7-10-18(25)11-8-15/h2-13,22-23H,14H2,1H3/t22-,23-/m0/s1. The number of nitrogens with zero attached hydrogens (tertiary/aromatic N) is 2. The minimum atomic E-state index is -0.764. The van der Waals surface area contributed by atoms with Crippen molar-refractivity contribution in [3.63, 3.8) is 0 Å². The van der Waals surface area contributed by atoms with Crippen molar-refractivity contribution in [1.82, 2.24) is 5.01 Å². The van der Waals surface area contributed by atoms with E-state index in [1.807, 2.05) is 60.7 Å². The van der Waals surface area contributed by atoms with Crippen molar-refractivity contribution in [2.75, 3.05) is 7.11 Å². The highest BCUT2D eigenvalue weighted by Gasteiger charge is 2.37. The van der Waals surface area contributed by atoms with E-state index < -0.39 is 6.10 Å². The highest BCUT2D eigenvalue weighted by Crippen LogP contribution is 2.37. The van der Waals surface area contributed by atoms with Crippen LogP contribution < -0.4 is 0 Å². The van der Waals surface area contributed by atoms with Gasteiger partial charge in [0.1, 0.15) is 0 Å². The lowest BCUT2D eigenvalue weighted by molar-refractivity contribution is -0.144. The van der Waals surface area contributed by atoms with Gasteiger partial charge in [-0.05, 0) is 41.0 Å². The van der Waals surface area contributed by atoms with Crippen LogP contribution in [0.25, 0.3) is 0 Å². The summed E-state index contributed by atoms with van der Waals surface area (Å²) in [7, 11) is 1.53. The molecule has 0 bridgehead atoms. The van der Waals surface area contributed by atoms with Crippen LogP contribution >= 0.6 is 39.1 Å². The topological polar surface area (TPSA) is 41.9 Å². The Bertz CT molecular complexity index is 1120. The lowest BCUT2D eigenvalue weighted by Gasteiger charge is -2.26. The van der Waals surface area contributed by atoms with Gasteiger partial charge in [0.15, 0.2) is 6.10 Å². The van der Waals surface area contributed by atoms with E-state index in [-0.39, 0.29) is 11.9 Å². The van der Waals surface area contributed by atoms with Crippen LogP contribution in [0.2, 0.25) is 10.0 Å². The molecule has 0 aliphatic carbocycles. The van der Waals surface area contributed by atoms with Gasteiger partial charge in [-0.3, -0.25) is 4.79 Å². The van der Waals surface area contributed by atoms with Crippen molar-refractivity contribution in [2.24, 2.45) is 5.10 Å². The zero-order chi connectivity index (χ0) is 22.0. The Hall–Kier alpha value is -2.18. The minimum Gasteiger partial charge on any atom is -0.367 e.